The van der Waals surface area contributed by atoms with E-state index < -0.39 is 0 Å². The van der Waals surface area contributed by atoms with Crippen LogP contribution in [-0.2, 0) is 13.6 Å². The summed E-state index contributed by atoms with van der Waals surface area (Å²) in [6.45, 7) is 6.77. The zero-order chi connectivity index (χ0) is 17.4. The predicted molar refractivity (Wildman–Crippen MR) is 118 cm³/mol. The molecular weight excluding hydrogens is 447 g/mol. The van der Waals surface area contributed by atoms with Crippen molar-refractivity contribution in [1.82, 2.24) is 25.4 Å². The van der Waals surface area contributed by atoms with Crippen LogP contribution in [0, 0.1) is 12.3 Å². The molecule has 8 heteroatoms. The summed E-state index contributed by atoms with van der Waals surface area (Å²) in [5, 5.41) is 15.3. The van der Waals surface area contributed by atoms with Gasteiger partial charge >= 0.3 is 0 Å². The van der Waals surface area contributed by atoms with Crippen molar-refractivity contribution in [2.75, 3.05) is 25.1 Å². The molecule has 6 nitrogen and oxygen atoms in total. The predicted octanol–water partition coefficient (Wildman–Crippen LogP) is 3.11. The van der Waals surface area contributed by atoms with Crippen molar-refractivity contribution in [2.24, 2.45) is 17.5 Å². The smallest absolute Gasteiger partial charge is 0.191 e. The van der Waals surface area contributed by atoms with Crippen molar-refractivity contribution >= 4 is 41.7 Å². The molecule has 0 bridgehead atoms. The van der Waals surface area contributed by atoms with E-state index in [2.05, 4.69) is 34.0 Å². The number of thioether (sulfide) groups is 1. The minimum absolute atomic E-state index is 0. The van der Waals surface area contributed by atoms with Crippen molar-refractivity contribution in [3.63, 3.8) is 0 Å². The van der Waals surface area contributed by atoms with Crippen LogP contribution in [0.4, 0.5) is 0 Å². The summed E-state index contributed by atoms with van der Waals surface area (Å²) in [5.41, 5.74) is 0.475. The van der Waals surface area contributed by atoms with Gasteiger partial charge in [0, 0.05) is 20.1 Å². The van der Waals surface area contributed by atoms with Crippen LogP contribution in [0.2, 0.25) is 0 Å². The highest BCUT2D eigenvalue weighted by atomic mass is 127. The van der Waals surface area contributed by atoms with E-state index in [1.165, 1.54) is 31.4 Å². The third-order valence-corrected chi connectivity index (χ3v) is 5.87. The average Bonchev–Trinajstić information content (AvgIpc) is 2.87. The van der Waals surface area contributed by atoms with E-state index in [9.17, 15) is 0 Å². The van der Waals surface area contributed by atoms with Crippen LogP contribution in [0.1, 0.15) is 50.7 Å². The van der Waals surface area contributed by atoms with E-state index in [0.29, 0.717) is 12.0 Å². The molecule has 0 unspecified atom stereocenters. The van der Waals surface area contributed by atoms with Gasteiger partial charge in [-0.2, -0.15) is 11.8 Å². The lowest BCUT2D eigenvalue weighted by Gasteiger charge is -2.41. The monoisotopic (exact) mass is 480 g/mol. The van der Waals surface area contributed by atoms with Crippen molar-refractivity contribution in [3.8, 4) is 0 Å². The second-order valence-corrected chi connectivity index (χ2v) is 7.71. The van der Waals surface area contributed by atoms with E-state index >= 15 is 0 Å². The topological polar surface area (TPSA) is 67.1 Å². The molecule has 2 N–H and O–H groups in total. The number of nitrogens with one attached hydrogen (secondary N) is 2. The highest BCUT2D eigenvalue weighted by molar-refractivity contribution is 14.0. The molecule has 1 saturated carbocycles. The van der Waals surface area contributed by atoms with Crippen LogP contribution in [0.3, 0.4) is 0 Å². The summed E-state index contributed by atoms with van der Waals surface area (Å²) in [6, 6.07) is 0. The molecule has 0 radical (unpaired) electrons. The summed E-state index contributed by atoms with van der Waals surface area (Å²) in [6.07, 6.45) is 8.55. The Morgan fingerprint density at radius 3 is 2.60 bits per heavy atom. The van der Waals surface area contributed by atoms with Gasteiger partial charge in [-0.3, -0.25) is 0 Å². The van der Waals surface area contributed by atoms with E-state index in [4.69, 9.17) is 4.99 Å². The molecule has 0 saturated heterocycles. The number of rotatable bonds is 9. The molecule has 25 heavy (non-hydrogen) atoms. The van der Waals surface area contributed by atoms with E-state index in [-0.39, 0.29) is 24.0 Å². The van der Waals surface area contributed by atoms with Gasteiger partial charge < -0.3 is 15.2 Å². The number of halogens is 1. The molecule has 0 aromatic carbocycles. The number of aromatic nitrogens is 3. The van der Waals surface area contributed by atoms with Gasteiger partial charge in [0.25, 0.3) is 0 Å². The zero-order valence-electron chi connectivity index (χ0n) is 16.0. The maximum absolute atomic E-state index is 4.73. The van der Waals surface area contributed by atoms with Gasteiger partial charge in [0.2, 0.25) is 0 Å². The van der Waals surface area contributed by atoms with Gasteiger partial charge in [-0.15, -0.1) is 34.2 Å². The molecule has 0 aliphatic heterocycles. The largest absolute Gasteiger partial charge is 0.356 e. The highest BCUT2D eigenvalue weighted by Gasteiger charge is 2.34. The minimum atomic E-state index is 0. The molecule has 0 amide bonds. The number of guanidine groups is 1. The Kier molecular flexibility index (Phi) is 10.1. The summed E-state index contributed by atoms with van der Waals surface area (Å²) in [5.74, 6) is 3.88. The van der Waals surface area contributed by atoms with Crippen molar-refractivity contribution < 1.29 is 0 Å². The Bertz CT molecular complexity index is 536. The molecule has 1 heterocycles. The maximum Gasteiger partial charge on any atom is 0.191 e. The van der Waals surface area contributed by atoms with Gasteiger partial charge in [0.15, 0.2) is 11.8 Å². The molecule has 2 rings (SSSR count). The molecule has 0 atom stereocenters. The number of aryl methyl sites for hydroxylation is 1. The van der Waals surface area contributed by atoms with E-state index in [1.807, 2.05) is 30.3 Å². The average molecular weight is 480 g/mol. The lowest BCUT2D eigenvalue weighted by Crippen LogP contribution is -2.46. The standard InChI is InChI=1S/C17H32N6S.HI/c1-5-17(8-6-9-17)13-20-16(18-10-7-11-24-4)19-12-15-22-21-14(2)23(15)3;/h5-13H2,1-4H3,(H2,18,19,20);1H. The van der Waals surface area contributed by atoms with Gasteiger partial charge in [-0.25, -0.2) is 4.99 Å². The third kappa shape index (κ3) is 6.62. The minimum Gasteiger partial charge on any atom is -0.356 e. The first kappa shape index (κ1) is 22.5. The van der Waals surface area contributed by atoms with Crippen molar-refractivity contribution in [3.05, 3.63) is 11.6 Å². The molecule has 1 aliphatic rings. The zero-order valence-corrected chi connectivity index (χ0v) is 19.1. The second-order valence-electron chi connectivity index (χ2n) is 6.72. The van der Waals surface area contributed by atoms with Crippen LogP contribution < -0.4 is 10.6 Å². The quantitative estimate of drug-likeness (QED) is 0.246. The molecule has 1 aromatic heterocycles. The maximum atomic E-state index is 4.73. The number of hydrogen-bond donors (Lipinski definition) is 2. The second kappa shape index (κ2) is 11.3. The fourth-order valence-electron chi connectivity index (χ4n) is 2.94. The summed E-state index contributed by atoms with van der Waals surface area (Å²) in [7, 11) is 1.99. The fourth-order valence-corrected chi connectivity index (χ4v) is 3.37. The molecule has 0 spiro atoms. The van der Waals surface area contributed by atoms with Crippen LogP contribution in [0.15, 0.2) is 4.99 Å². The van der Waals surface area contributed by atoms with Crippen LogP contribution in [0.25, 0.3) is 0 Å². The Hall–Kier alpha value is -0.510. The molecule has 1 fully saturated rings. The Balaban J connectivity index is 0.00000312. The summed E-state index contributed by atoms with van der Waals surface area (Å²) >= 11 is 1.88. The Labute approximate surface area is 173 Å². The van der Waals surface area contributed by atoms with Crippen LogP contribution >= 0.6 is 35.7 Å². The van der Waals surface area contributed by atoms with Crippen LogP contribution in [-0.4, -0.2) is 45.8 Å². The summed E-state index contributed by atoms with van der Waals surface area (Å²) < 4.78 is 1.99. The number of aliphatic imine (C=N–C) groups is 1. The summed E-state index contributed by atoms with van der Waals surface area (Å²) in [4.78, 5) is 4.73. The third-order valence-electron chi connectivity index (χ3n) is 5.17. The van der Waals surface area contributed by atoms with Crippen LogP contribution in [0.5, 0.6) is 0 Å². The van der Waals surface area contributed by atoms with Crippen molar-refractivity contribution in [2.45, 2.75) is 52.5 Å². The first-order valence-corrected chi connectivity index (χ1v) is 10.4. The Morgan fingerprint density at radius 1 is 1.32 bits per heavy atom. The fraction of sp³-hybridized carbons (Fsp3) is 0.824. The highest BCUT2D eigenvalue weighted by Crippen LogP contribution is 2.42. The molecule has 1 aliphatic carbocycles. The van der Waals surface area contributed by atoms with Gasteiger partial charge in [-0.1, -0.05) is 13.3 Å². The first-order chi connectivity index (χ1) is 11.6. The molecule has 1 aromatic rings. The van der Waals surface area contributed by atoms with E-state index in [0.717, 1.165) is 37.1 Å². The number of nitrogens with zero attached hydrogens (tertiary/aromatic N) is 4. The SMILES string of the molecule is CCC1(CNC(=NCc2nnc(C)n2C)NCCCSC)CCC1.I. The first-order valence-electron chi connectivity index (χ1n) is 8.96. The molecular formula is C17H33IN6S. The molecule has 144 valence electrons. The lowest BCUT2D eigenvalue weighted by atomic mass is 9.67. The van der Waals surface area contributed by atoms with Crippen molar-refractivity contribution in [1.29, 1.82) is 0 Å². The van der Waals surface area contributed by atoms with Gasteiger partial charge in [0.1, 0.15) is 12.4 Å². The van der Waals surface area contributed by atoms with Gasteiger partial charge in [0.05, 0.1) is 0 Å². The van der Waals surface area contributed by atoms with E-state index in [1.54, 1.807) is 0 Å². The Morgan fingerprint density at radius 2 is 2.08 bits per heavy atom. The van der Waals surface area contributed by atoms with Gasteiger partial charge in [-0.05, 0) is 50.0 Å². The lowest BCUT2D eigenvalue weighted by molar-refractivity contribution is 0.131. The normalized spacial score (nSPS) is 16.1. The number of hydrogen-bond acceptors (Lipinski definition) is 4.